The van der Waals surface area contributed by atoms with Crippen LogP contribution in [0.4, 0.5) is 0 Å². The zero-order valence-electron chi connectivity index (χ0n) is 12.3. The molecule has 0 bridgehead atoms. The molecule has 19 heavy (non-hydrogen) atoms. The van der Waals surface area contributed by atoms with Crippen molar-refractivity contribution in [2.24, 2.45) is 11.3 Å². The standard InChI is InChI=1S/C15H25NO3/c1-11-7-12(9-15(2,3)8-11)19-14(18)10-16-6-4-5-13(16)17/h11-12H,4-10H2,1-3H3/t11-,12-/m1/s1. The Morgan fingerprint density at radius 1 is 1.42 bits per heavy atom. The maximum Gasteiger partial charge on any atom is 0.325 e. The predicted octanol–water partition coefficient (Wildman–Crippen LogP) is 2.37. The SMILES string of the molecule is C[C@@H]1C[C@@H](OC(=O)CN2CCCC2=O)CC(C)(C)C1. The van der Waals surface area contributed by atoms with Gasteiger partial charge in [-0.05, 0) is 37.0 Å². The Morgan fingerprint density at radius 3 is 2.74 bits per heavy atom. The van der Waals surface area contributed by atoms with Gasteiger partial charge < -0.3 is 9.64 Å². The van der Waals surface area contributed by atoms with Gasteiger partial charge in [-0.1, -0.05) is 20.8 Å². The Hall–Kier alpha value is -1.06. The number of rotatable bonds is 3. The van der Waals surface area contributed by atoms with Crippen LogP contribution in [0.15, 0.2) is 0 Å². The van der Waals surface area contributed by atoms with Crippen molar-refractivity contribution >= 4 is 11.9 Å². The summed E-state index contributed by atoms with van der Waals surface area (Å²) in [6, 6.07) is 0. The van der Waals surface area contributed by atoms with Crippen LogP contribution in [0.25, 0.3) is 0 Å². The van der Waals surface area contributed by atoms with Crippen molar-refractivity contribution in [2.45, 2.75) is 59.0 Å². The number of hydrogen-bond acceptors (Lipinski definition) is 3. The molecule has 1 saturated carbocycles. The van der Waals surface area contributed by atoms with Crippen LogP contribution in [-0.4, -0.2) is 36.0 Å². The van der Waals surface area contributed by atoms with Crippen molar-refractivity contribution in [3.8, 4) is 0 Å². The fourth-order valence-electron chi connectivity index (χ4n) is 3.60. The number of esters is 1. The fraction of sp³-hybridized carbons (Fsp3) is 0.867. The van der Waals surface area contributed by atoms with Gasteiger partial charge in [-0.25, -0.2) is 0 Å². The van der Waals surface area contributed by atoms with Crippen LogP contribution in [0.5, 0.6) is 0 Å². The smallest absolute Gasteiger partial charge is 0.325 e. The third-order valence-corrected chi connectivity index (χ3v) is 4.14. The van der Waals surface area contributed by atoms with Crippen LogP contribution in [-0.2, 0) is 14.3 Å². The highest BCUT2D eigenvalue weighted by Crippen LogP contribution is 2.39. The van der Waals surface area contributed by atoms with Crippen molar-refractivity contribution < 1.29 is 14.3 Å². The van der Waals surface area contributed by atoms with E-state index < -0.39 is 0 Å². The molecule has 0 aromatic carbocycles. The molecule has 0 aromatic heterocycles. The molecule has 1 aliphatic heterocycles. The lowest BCUT2D eigenvalue weighted by atomic mass is 9.71. The minimum atomic E-state index is -0.245. The van der Waals surface area contributed by atoms with Gasteiger partial charge >= 0.3 is 5.97 Å². The summed E-state index contributed by atoms with van der Waals surface area (Å²) < 4.78 is 5.57. The number of carbonyl (C=O) groups is 2. The van der Waals surface area contributed by atoms with E-state index in [4.69, 9.17) is 4.74 Å². The van der Waals surface area contributed by atoms with Gasteiger partial charge in [0.1, 0.15) is 12.6 Å². The summed E-state index contributed by atoms with van der Waals surface area (Å²) in [6.07, 6.45) is 4.51. The van der Waals surface area contributed by atoms with E-state index in [0.717, 1.165) is 19.3 Å². The molecule has 2 fully saturated rings. The molecule has 1 saturated heterocycles. The second-order valence-corrected chi connectivity index (χ2v) is 6.94. The van der Waals surface area contributed by atoms with E-state index in [9.17, 15) is 9.59 Å². The monoisotopic (exact) mass is 267 g/mol. The first-order valence-corrected chi connectivity index (χ1v) is 7.33. The number of ether oxygens (including phenoxy) is 1. The van der Waals surface area contributed by atoms with E-state index >= 15 is 0 Å². The molecule has 0 unspecified atom stereocenters. The first kappa shape index (κ1) is 14.4. The van der Waals surface area contributed by atoms with E-state index in [-0.39, 0.29) is 29.9 Å². The Kier molecular flexibility index (Phi) is 4.16. The molecule has 108 valence electrons. The summed E-state index contributed by atoms with van der Waals surface area (Å²) in [5, 5.41) is 0. The van der Waals surface area contributed by atoms with Gasteiger partial charge in [0.2, 0.25) is 5.91 Å². The Morgan fingerprint density at radius 2 is 2.16 bits per heavy atom. The zero-order chi connectivity index (χ0) is 14.0. The highest BCUT2D eigenvalue weighted by molar-refractivity contribution is 5.83. The average molecular weight is 267 g/mol. The lowest BCUT2D eigenvalue weighted by molar-refractivity contribution is -0.156. The molecule has 0 N–H and O–H groups in total. The lowest BCUT2D eigenvalue weighted by Crippen LogP contribution is -2.37. The van der Waals surface area contributed by atoms with Crippen molar-refractivity contribution in [3.05, 3.63) is 0 Å². The second-order valence-electron chi connectivity index (χ2n) is 6.94. The first-order valence-electron chi connectivity index (χ1n) is 7.33. The Bertz CT molecular complexity index is 364. The van der Waals surface area contributed by atoms with Gasteiger partial charge in [0.05, 0.1) is 0 Å². The van der Waals surface area contributed by atoms with Crippen molar-refractivity contribution in [3.63, 3.8) is 0 Å². The van der Waals surface area contributed by atoms with Gasteiger partial charge in [-0.2, -0.15) is 0 Å². The van der Waals surface area contributed by atoms with Crippen molar-refractivity contribution in [1.29, 1.82) is 0 Å². The molecule has 4 nitrogen and oxygen atoms in total. The molecule has 0 spiro atoms. The zero-order valence-corrected chi connectivity index (χ0v) is 12.3. The third kappa shape index (κ3) is 3.95. The van der Waals surface area contributed by atoms with Gasteiger partial charge in [0.15, 0.2) is 0 Å². The third-order valence-electron chi connectivity index (χ3n) is 4.14. The number of hydrogen-bond donors (Lipinski definition) is 0. The van der Waals surface area contributed by atoms with Crippen molar-refractivity contribution in [1.82, 2.24) is 4.90 Å². The van der Waals surface area contributed by atoms with E-state index in [2.05, 4.69) is 20.8 Å². The molecule has 2 atom stereocenters. The van der Waals surface area contributed by atoms with Gasteiger partial charge in [0, 0.05) is 13.0 Å². The summed E-state index contributed by atoms with van der Waals surface area (Å²) in [5.74, 6) is 0.425. The normalized spacial score (nSPS) is 30.5. The Labute approximate surface area is 115 Å². The average Bonchev–Trinajstić information content (AvgIpc) is 2.60. The fourth-order valence-corrected chi connectivity index (χ4v) is 3.60. The minimum Gasteiger partial charge on any atom is -0.461 e. The van der Waals surface area contributed by atoms with E-state index in [1.165, 1.54) is 6.42 Å². The van der Waals surface area contributed by atoms with Crippen LogP contribution in [0, 0.1) is 11.3 Å². The van der Waals surface area contributed by atoms with Crippen LogP contribution in [0.1, 0.15) is 52.9 Å². The molecule has 4 heteroatoms. The minimum absolute atomic E-state index is 0.0176. The number of likely N-dealkylation sites (tertiary alicyclic amines) is 1. The Balaban J connectivity index is 1.83. The maximum atomic E-state index is 11.9. The molecular weight excluding hydrogens is 242 g/mol. The van der Waals surface area contributed by atoms with Crippen LogP contribution in [0.3, 0.4) is 0 Å². The maximum absolute atomic E-state index is 11.9. The topological polar surface area (TPSA) is 46.6 Å². The largest absolute Gasteiger partial charge is 0.461 e. The molecule has 1 amide bonds. The van der Waals surface area contributed by atoms with Crippen LogP contribution in [0.2, 0.25) is 0 Å². The summed E-state index contributed by atoms with van der Waals surface area (Å²) in [5.41, 5.74) is 0.242. The quantitative estimate of drug-likeness (QED) is 0.737. The predicted molar refractivity (Wildman–Crippen MR) is 72.5 cm³/mol. The van der Waals surface area contributed by atoms with Gasteiger partial charge in [-0.15, -0.1) is 0 Å². The number of nitrogens with zero attached hydrogens (tertiary/aromatic N) is 1. The summed E-state index contributed by atoms with van der Waals surface area (Å²) in [7, 11) is 0. The van der Waals surface area contributed by atoms with E-state index in [1.54, 1.807) is 4.90 Å². The first-order chi connectivity index (χ1) is 8.85. The molecule has 2 rings (SSSR count). The lowest BCUT2D eigenvalue weighted by Gasteiger charge is -2.38. The molecule has 0 aromatic rings. The molecule has 1 aliphatic carbocycles. The van der Waals surface area contributed by atoms with Gasteiger partial charge in [0.25, 0.3) is 0 Å². The summed E-state index contributed by atoms with van der Waals surface area (Å²) >= 11 is 0. The highest BCUT2D eigenvalue weighted by Gasteiger charge is 2.34. The summed E-state index contributed by atoms with van der Waals surface area (Å²) in [6.45, 7) is 7.50. The van der Waals surface area contributed by atoms with Crippen LogP contribution < -0.4 is 0 Å². The number of amides is 1. The van der Waals surface area contributed by atoms with E-state index in [0.29, 0.717) is 18.9 Å². The molecule has 2 aliphatic rings. The van der Waals surface area contributed by atoms with Crippen LogP contribution >= 0.6 is 0 Å². The molecule has 0 radical (unpaired) electrons. The van der Waals surface area contributed by atoms with Crippen molar-refractivity contribution in [2.75, 3.05) is 13.1 Å². The molecular formula is C15H25NO3. The van der Waals surface area contributed by atoms with Gasteiger partial charge in [-0.3, -0.25) is 9.59 Å². The second kappa shape index (κ2) is 5.51. The highest BCUT2D eigenvalue weighted by atomic mass is 16.5. The number of carbonyl (C=O) groups excluding carboxylic acids is 2. The van der Waals surface area contributed by atoms with E-state index in [1.807, 2.05) is 0 Å². The summed E-state index contributed by atoms with van der Waals surface area (Å²) in [4.78, 5) is 25.0. The molecule has 1 heterocycles.